The average Bonchev–Trinajstić information content (AvgIpc) is 3.49. The van der Waals surface area contributed by atoms with Crippen LogP contribution in [0.4, 0.5) is 13.9 Å². The number of carbonyl (C=O) groups is 1. The summed E-state index contributed by atoms with van der Waals surface area (Å²) in [5, 5.41) is 11.4. The molecule has 1 fully saturated rings. The van der Waals surface area contributed by atoms with Crippen LogP contribution in [-0.4, -0.2) is 28.2 Å². The number of ether oxygens (including phenoxy) is 1. The Morgan fingerprint density at radius 2 is 2.10 bits per heavy atom. The van der Waals surface area contributed by atoms with Gasteiger partial charge in [0.2, 0.25) is 5.13 Å². The number of rotatable bonds is 5. The predicted molar refractivity (Wildman–Crippen MR) is 109 cm³/mol. The minimum atomic E-state index is -2.65. The van der Waals surface area contributed by atoms with Crippen molar-refractivity contribution in [3.05, 3.63) is 52.8 Å². The minimum Gasteiger partial charge on any atom is -0.496 e. The van der Waals surface area contributed by atoms with Crippen LogP contribution in [0.25, 0.3) is 11.1 Å². The Labute approximate surface area is 175 Å². The van der Waals surface area contributed by atoms with Crippen LogP contribution in [0, 0.1) is 17.8 Å². The Morgan fingerprint density at radius 3 is 2.83 bits per heavy atom. The van der Waals surface area contributed by atoms with Gasteiger partial charge in [-0.25, -0.2) is 8.78 Å². The van der Waals surface area contributed by atoms with Crippen molar-refractivity contribution in [3.63, 3.8) is 0 Å². The standard InChI is InChI=1S/C21H16F2N4O2S/c1-29-17-6-5-13(19(22)23)10-15(17)16-11-24-9-8-14(16)20(28)25-21-27-26-18(30-21)7-4-12-2-3-12/h5-6,8-12,19H,2-3H2,1H3,(H,25,27,28). The van der Waals surface area contributed by atoms with E-state index < -0.39 is 12.3 Å². The van der Waals surface area contributed by atoms with Gasteiger partial charge in [-0.1, -0.05) is 17.3 Å². The lowest BCUT2D eigenvalue weighted by molar-refractivity contribution is 0.102. The van der Waals surface area contributed by atoms with Crippen LogP contribution in [0.3, 0.4) is 0 Å². The maximum atomic E-state index is 13.2. The SMILES string of the molecule is COc1ccc(C(F)F)cc1-c1cnccc1C(=O)Nc1nnc(C#CC2CC2)s1. The third-order valence-corrected chi connectivity index (χ3v) is 5.19. The number of nitrogens with zero attached hydrogens (tertiary/aromatic N) is 3. The van der Waals surface area contributed by atoms with Crippen LogP contribution in [0.1, 0.15) is 40.2 Å². The molecular formula is C21H16F2N4O2S. The van der Waals surface area contributed by atoms with E-state index >= 15 is 0 Å². The van der Waals surface area contributed by atoms with Crippen LogP contribution in [0.2, 0.25) is 0 Å². The second-order valence-corrected chi connectivity index (χ2v) is 7.57. The fraction of sp³-hybridized carbons (Fsp3) is 0.238. The molecule has 1 aliphatic rings. The molecule has 1 N–H and O–H groups in total. The molecule has 2 heterocycles. The van der Waals surface area contributed by atoms with Crippen molar-refractivity contribution in [2.45, 2.75) is 19.3 Å². The summed E-state index contributed by atoms with van der Waals surface area (Å²) in [5.41, 5.74) is 0.786. The average molecular weight is 426 g/mol. The first kappa shape index (κ1) is 19.9. The van der Waals surface area contributed by atoms with Crippen molar-refractivity contribution in [1.82, 2.24) is 15.2 Å². The molecule has 0 saturated heterocycles. The molecule has 0 atom stereocenters. The highest BCUT2D eigenvalue weighted by Gasteiger charge is 2.20. The van der Waals surface area contributed by atoms with E-state index in [2.05, 4.69) is 32.3 Å². The van der Waals surface area contributed by atoms with Gasteiger partial charge >= 0.3 is 0 Å². The molecule has 0 unspecified atom stereocenters. The number of amides is 1. The Balaban J connectivity index is 1.63. The van der Waals surface area contributed by atoms with E-state index in [1.165, 1.54) is 55.1 Å². The molecule has 0 radical (unpaired) electrons. The maximum absolute atomic E-state index is 13.2. The zero-order chi connectivity index (χ0) is 21.1. The fourth-order valence-corrected chi connectivity index (χ4v) is 3.36. The van der Waals surface area contributed by atoms with Crippen LogP contribution in [-0.2, 0) is 0 Å². The van der Waals surface area contributed by atoms with Crippen molar-refractivity contribution in [2.75, 3.05) is 12.4 Å². The molecule has 6 nitrogen and oxygen atoms in total. The topological polar surface area (TPSA) is 77.0 Å². The Hall–Kier alpha value is -3.38. The molecule has 0 bridgehead atoms. The summed E-state index contributed by atoms with van der Waals surface area (Å²) in [5.74, 6) is 6.37. The monoisotopic (exact) mass is 426 g/mol. The molecule has 9 heteroatoms. The second kappa shape index (κ2) is 8.55. The highest BCUT2D eigenvalue weighted by Crippen LogP contribution is 2.35. The number of aromatic nitrogens is 3. The molecule has 0 spiro atoms. The van der Waals surface area contributed by atoms with Gasteiger partial charge in [0.15, 0.2) is 5.01 Å². The van der Waals surface area contributed by atoms with Gasteiger partial charge in [-0.05, 0) is 43.0 Å². The van der Waals surface area contributed by atoms with Gasteiger partial charge in [0.25, 0.3) is 12.3 Å². The molecule has 3 aromatic rings. The highest BCUT2D eigenvalue weighted by molar-refractivity contribution is 7.15. The summed E-state index contributed by atoms with van der Waals surface area (Å²) in [4.78, 5) is 16.9. The van der Waals surface area contributed by atoms with E-state index in [1.54, 1.807) is 0 Å². The number of benzene rings is 1. The number of hydrogen-bond acceptors (Lipinski definition) is 6. The molecule has 0 aliphatic heterocycles. The first-order valence-electron chi connectivity index (χ1n) is 9.12. The first-order chi connectivity index (χ1) is 14.5. The van der Waals surface area contributed by atoms with E-state index in [4.69, 9.17) is 4.74 Å². The van der Waals surface area contributed by atoms with Crippen molar-refractivity contribution >= 4 is 22.4 Å². The van der Waals surface area contributed by atoms with Crippen LogP contribution < -0.4 is 10.1 Å². The number of hydrogen-bond donors (Lipinski definition) is 1. The normalized spacial score (nSPS) is 12.9. The molecule has 152 valence electrons. The number of pyridine rings is 1. The smallest absolute Gasteiger partial charge is 0.263 e. The van der Waals surface area contributed by atoms with Crippen LogP contribution in [0.5, 0.6) is 5.75 Å². The summed E-state index contributed by atoms with van der Waals surface area (Å²) in [7, 11) is 1.43. The third-order valence-electron chi connectivity index (χ3n) is 4.44. The molecule has 1 aliphatic carbocycles. The number of nitrogens with one attached hydrogen (secondary N) is 1. The fourth-order valence-electron chi connectivity index (χ4n) is 2.76. The minimum absolute atomic E-state index is 0.177. The number of carbonyl (C=O) groups excluding carboxylic acids is 1. The van der Waals surface area contributed by atoms with Crippen molar-refractivity contribution < 1.29 is 18.3 Å². The lowest BCUT2D eigenvalue weighted by Crippen LogP contribution is -2.13. The number of anilines is 1. The van der Waals surface area contributed by atoms with E-state index in [1.807, 2.05) is 0 Å². The zero-order valence-electron chi connectivity index (χ0n) is 15.9. The number of methoxy groups -OCH3 is 1. The Bertz CT molecular complexity index is 1150. The second-order valence-electron chi connectivity index (χ2n) is 6.59. The largest absolute Gasteiger partial charge is 0.496 e. The van der Waals surface area contributed by atoms with Crippen molar-refractivity contribution in [1.29, 1.82) is 0 Å². The maximum Gasteiger partial charge on any atom is 0.263 e. The predicted octanol–water partition coefficient (Wildman–Crippen LogP) is 4.56. The Morgan fingerprint density at radius 1 is 1.27 bits per heavy atom. The molecule has 1 amide bonds. The van der Waals surface area contributed by atoms with E-state index in [0.717, 1.165) is 12.8 Å². The van der Waals surface area contributed by atoms with Crippen molar-refractivity contribution in [3.8, 4) is 28.7 Å². The highest BCUT2D eigenvalue weighted by atomic mass is 32.1. The summed E-state index contributed by atoms with van der Waals surface area (Å²) in [6, 6.07) is 5.54. The van der Waals surface area contributed by atoms with Crippen LogP contribution >= 0.6 is 11.3 Å². The summed E-state index contributed by atoms with van der Waals surface area (Å²) in [6.45, 7) is 0. The van der Waals surface area contributed by atoms with Gasteiger partial charge in [0.1, 0.15) is 5.75 Å². The summed E-state index contributed by atoms with van der Waals surface area (Å²) < 4.78 is 31.7. The van der Waals surface area contributed by atoms with E-state index in [-0.39, 0.29) is 11.1 Å². The van der Waals surface area contributed by atoms with Gasteiger partial charge < -0.3 is 4.74 Å². The van der Waals surface area contributed by atoms with Gasteiger partial charge in [-0.2, -0.15) is 0 Å². The van der Waals surface area contributed by atoms with E-state index in [9.17, 15) is 13.6 Å². The third kappa shape index (κ3) is 4.44. The Kier molecular flexibility index (Phi) is 5.68. The zero-order valence-corrected chi connectivity index (χ0v) is 16.7. The first-order valence-corrected chi connectivity index (χ1v) is 9.93. The number of halogens is 2. The quantitative estimate of drug-likeness (QED) is 0.605. The van der Waals surface area contributed by atoms with Crippen LogP contribution in [0.15, 0.2) is 36.7 Å². The lowest BCUT2D eigenvalue weighted by Gasteiger charge is -2.13. The summed E-state index contributed by atoms with van der Waals surface area (Å²) in [6.07, 6.45) is 2.45. The van der Waals surface area contributed by atoms with Gasteiger partial charge in [-0.3, -0.25) is 15.1 Å². The molecule has 1 saturated carbocycles. The molecule has 2 aromatic heterocycles. The van der Waals surface area contributed by atoms with Crippen molar-refractivity contribution in [2.24, 2.45) is 5.92 Å². The van der Waals surface area contributed by atoms with Gasteiger partial charge in [0.05, 0.1) is 12.7 Å². The molecule has 1 aromatic carbocycles. The molecule has 30 heavy (non-hydrogen) atoms. The number of alkyl halides is 2. The van der Waals surface area contributed by atoms with E-state index in [0.29, 0.717) is 32.9 Å². The summed E-state index contributed by atoms with van der Waals surface area (Å²) >= 11 is 1.17. The molecule has 4 rings (SSSR count). The molecular weight excluding hydrogens is 410 g/mol. The lowest BCUT2D eigenvalue weighted by atomic mass is 9.98. The van der Waals surface area contributed by atoms with Gasteiger partial charge in [0, 0.05) is 35.0 Å². The van der Waals surface area contributed by atoms with Gasteiger partial charge in [-0.15, -0.1) is 10.2 Å².